The van der Waals surface area contributed by atoms with Gasteiger partial charge in [0.2, 0.25) is 5.95 Å². The number of nitrogens with zero attached hydrogens (tertiary/aromatic N) is 2. The molecule has 0 spiro atoms. The summed E-state index contributed by atoms with van der Waals surface area (Å²) in [6.07, 6.45) is -4.49. The van der Waals surface area contributed by atoms with Crippen LogP contribution in [0.1, 0.15) is 5.69 Å². The lowest BCUT2D eigenvalue weighted by atomic mass is 10.3. The highest BCUT2D eigenvalue weighted by molar-refractivity contribution is 5.42. The number of hydrogen-bond donors (Lipinski definition) is 2. The van der Waals surface area contributed by atoms with Crippen LogP contribution < -0.4 is 10.6 Å². The van der Waals surface area contributed by atoms with Gasteiger partial charge in [0.15, 0.2) is 5.69 Å². The van der Waals surface area contributed by atoms with Crippen molar-refractivity contribution in [3.05, 3.63) is 11.8 Å². The van der Waals surface area contributed by atoms with Gasteiger partial charge in [0.1, 0.15) is 5.82 Å². The Hall–Kier alpha value is -1.57. The molecular weight excluding hydrogens is 237 g/mol. The highest BCUT2D eigenvalue weighted by Gasteiger charge is 2.33. The predicted octanol–water partition coefficient (Wildman–Crippen LogP) is 1.60. The third-order valence-corrected chi connectivity index (χ3v) is 1.85. The van der Waals surface area contributed by atoms with Gasteiger partial charge in [-0.3, -0.25) is 0 Å². The van der Waals surface area contributed by atoms with Crippen LogP contribution in [0.3, 0.4) is 0 Å². The second kappa shape index (κ2) is 5.67. The number of anilines is 2. The number of nitrogens with one attached hydrogen (secondary N) is 2. The molecule has 0 aliphatic rings. The van der Waals surface area contributed by atoms with E-state index in [9.17, 15) is 13.2 Å². The third-order valence-electron chi connectivity index (χ3n) is 1.85. The Morgan fingerprint density at radius 2 is 2.06 bits per heavy atom. The molecule has 0 saturated carbocycles. The molecular formula is C9H13F3N4O. The Labute approximate surface area is 96.4 Å². The molecule has 5 nitrogen and oxygen atoms in total. The highest BCUT2D eigenvalue weighted by atomic mass is 19.4. The van der Waals surface area contributed by atoms with Gasteiger partial charge >= 0.3 is 6.18 Å². The molecule has 0 unspecified atom stereocenters. The van der Waals surface area contributed by atoms with E-state index in [4.69, 9.17) is 4.74 Å². The molecule has 0 saturated heterocycles. The van der Waals surface area contributed by atoms with Crippen LogP contribution in [0.2, 0.25) is 0 Å². The van der Waals surface area contributed by atoms with E-state index in [2.05, 4.69) is 20.6 Å². The minimum Gasteiger partial charge on any atom is -0.383 e. The summed E-state index contributed by atoms with van der Waals surface area (Å²) in [6, 6.07) is 0.858. The van der Waals surface area contributed by atoms with Gasteiger partial charge in [-0.1, -0.05) is 0 Å². The smallest absolute Gasteiger partial charge is 0.383 e. The molecule has 0 fully saturated rings. The van der Waals surface area contributed by atoms with Crippen molar-refractivity contribution in [3.63, 3.8) is 0 Å². The molecule has 0 aromatic carbocycles. The number of aromatic nitrogens is 2. The fraction of sp³-hybridized carbons (Fsp3) is 0.556. The minimum absolute atomic E-state index is 0.0836. The third kappa shape index (κ3) is 4.06. The summed E-state index contributed by atoms with van der Waals surface area (Å²) in [7, 11) is 2.95. The normalized spacial score (nSPS) is 11.4. The second-order valence-corrected chi connectivity index (χ2v) is 3.13. The maximum atomic E-state index is 12.5. The number of ether oxygens (including phenoxy) is 1. The van der Waals surface area contributed by atoms with Crippen molar-refractivity contribution in [1.82, 2.24) is 9.97 Å². The van der Waals surface area contributed by atoms with Crippen LogP contribution in [0.4, 0.5) is 24.9 Å². The fourth-order valence-corrected chi connectivity index (χ4v) is 1.08. The van der Waals surface area contributed by atoms with Crippen molar-refractivity contribution in [2.45, 2.75) is 6.18 Å². The van der Waals surface area contributed by atoms with Gasteiger partial charge in [0.25, 0.3) is 0 Å². The summed E-state index contributed by atoms with van der Waals surface area (Å²) >= 11 is 0. The molecule has 0 aliphatic heterocycles. The summed E-state index contributed by atoms with van der Waals surface area (Å²) in [6.45, 7) is 0.744. The zero-order chi connectivity index (χ0) is 12.9. The first-order chi connectivity index (χ1) is 7.97. The lowest BCUT2D eigenvalue weighted by Gasteiger charge is -2.11. The van der Waals surface area contributed by atoms with Crippen molar-refractivity contribution < 1.29 is 17.9 Å². The van der Waals surface area contributed by atoms with E-state index in [1.807, 2.05) is 0 Å². The summed E-state index contributed by atoms with van der Waals surface area (Å²) in [5.41, 5.74) is -0.989. The van der Waals surface area contributed by atoms with Crippen molar-refractivity contribution in [3.8, 4) is 0 Å². The number of methoxy groups -OCH3 is 1. The van der Waals surface area contributed by atoms with Crippen molar-refractivity contribution in [2.75, 3.05) is 37.9 Å². The van der Waals surface area contributed by atoms with E-state index in [0.717, 1.165) is 6.07 Å². The quantitative estimate of drug-likeness (QED) is 0.777. The average Bonchev–Trinajstić information content (AvgIpc) is 2.28. The topological polar surface area (TPSA) is 59.1 Å². The lowest BCUT2D eigenvalue weighted by molar-refractivity contribution is -0.141. The van der Waals surface area contributed by atoms with E-state index in [-0.39, 0.29) is 11.8 Å². The van der Waals surface area contributed by atoms with Crippen LogP contribution in [-0.4, -0.2) is 37.3 Å². The summed E-state index contributed by atoms with van der Waals surface area (Å²) in [5, 5.41) is 5.19. The van der Waals surface area contributed by atoms with E-state index in [1.165, 1.54) is 14.2 Å². The molecule has 0 amide bonds. The molecule has 1 aromatic heterocycles. The monoisotopic (exact) mass is 250 g/mol. The first-order valence-electron chi connectivity index (χ1n) is 4.84. The van der Waals surface area contributed by atoms with Gasteiger partial charge in [-0.05, 0) is 0 Å². The van der Waals surface area contributed by atoms with E-state index in [0.29, 0.717) is 13.2 Å². The molecule has 1 heterocycles. The van der Waals surface area contributed by atoms with E-state index >= 15 is 0 Å². The molecule has 8 heteroatoms. The number of alkyl halides is 3. The Kier molecular flexibility index (Phi) is 4.50. The maximum Gasteiger partial charge on any atom is 0.433 e. The SMILES string of the molecule is CNc1nc(NCCOC)cc(C(F)(F)F)n1. The summed E-state index contributed by atoms with van der Waals surface area (Å²) < 4.78 is 42.3. The molecule has 0 bridgehead atoms. The Morgan fingerprint density at radius 3 is 2.59 bits per heavy atom. The van der Waals surface area contributed by atoms with Crippen LogP contribution in [0.5, 0.6) is 0 Å². The second-order valence-electron chi connectivity index (χ2n) is 3.13. The van der Waals surface area contributed by atoms with Gasteiger partial charge in [0.05, 0.1) is 6.61 Å². The Balaban J connectivity index is 2.89. The Bertz CT molecular complexity index is 370. The predicted molar refractivity (Wildman–Crippen MR) is 56.9 cm³/mol. The molecule has 96 valence electrons. The van der Waals surface area contributed by atoms with Gasteiger partial charge in [-0.2, -0.15) is 18.2 Å². The van der Waals surface area contributed by atoms with Crippen LogP contribution in [0.15, 0.2) is 6.07 Å². The number of halogens is 3. The van der Waals surface area contributed by atoms with Crippen molar-refractivity contribution >= 4 is 11.8 Å². The zero-order valence-corrected chi connectivity index (χ0v) is 9.43. The van der Waals surface area contributed by atoms with Crippen LogP contribution >= 0.6 is 0 Å². The molecule has 0 aliphatic carbocycles. The van der Waals surface area contributed by atoms with E-state index in [1.54, 1.807) is 0 Å². The first kappa shape index (κ1) is 13.5. The number of rotatable bonds is 5. The fourth-order valence-electron chi connectivity index (χ4n) is 1.08. The maximum absolute atomic E-state index is 12.5. The number of hydrogen-bond acceptors (Lipinski definition) is 5. The lowest BCUT2D eigenvalue weighted by Crippen LogP contribution is -2.14. The van der Waals surface area contributed by atoms with Gasteiger partial charge in [-0.15, -0.1) is 0 Å². The van der Waals surface area contributed by atoms with Crippen LogP contribution in [-0.2, 0) is 10.9 Å². The minimum atomic E-state index is -4.49. The van der Waals surface area contributed by atoms with E-state index < -0.39 is 11.9 Å². The van der Waals surface area contributed by atoms with Gasteiger partial charge in [-0.25, -0.2) is 4.98 Å². The molecule has 1 rings (SSSR count). The summed E-state index contributed by atoms with van der Waals surface area (Å²) in [4.78, 5) is 7.18. The van der Waals surface area contributed by atoms with Gasteiger partial charge in [0, 0.05) is 26.8 Å². The Morgan fingerprint density at radius 1 is 1.35 bits per heavy atom. The average molecular weight is 250 g/mol. The first-order valence-corrected chi connectivity index (χ1v) is 4.84. The standard InChI is InChI=1S/C9H13F3N4O/c1-13-8-15-6(9(10,11)12)5-7(16-8)14-3-4-17-2/h5H,3-4H2,1-2H3,(H2,13,14,15,16). The van der Waals surface area contributed by atoms with Crippen LogP contribution in [0, 0.1) is 0 Å². The molecule has 17 heavy (non-hydrogen) atoms. The zero-order valence-electron chi connectivity index (χ0n) is 9.43. The largest absolute Gasteiger partial charge is 0.433 e. The van der Waals surface area contributed by atoms with Gasteiger partial charge < -0.3 is 15.4 Å². The highest BCUT2D eigenvalue weighted by Crippen LogP contribution is 2.29. The molecule has 0 atom stereocenters. The van der Waals surface area contributed by atoms with Crippen molar-refractivity contribution in [2.24, 2.45) is 0 Å². The summed E-state index contributed by atoms with van der Waals surface area (Å²) in [5.74, 6) is 0.0217. The molecule has 2 N–H and O–H groups in total. The molecule has 0 radical (unpaired) electrons. The molecule has 1 aromatic rings. The van der Waals surface area contributed by atoms with Crippen molar-refractivity contribution in [1.29, 1.82) is 0 Å². The van der Waals surface area contributed by atoms with Crippen LogP contribution in [0.25, 0.3) is 0 Å².